The van der Waals surface area contributed by atoms with Crippen molar-refractivity contribution in [3.8, 4) is 0 Å². The molecule has 0 saturated heterocycles. The van der Waals surface area contributed by atoms with Gasteiger partial charge in [-0.1, -0.05) is 43.4 Å². The topological polar surface area (TPSA) is 0 Å². The van der Waals surface area contributed by atoms with E-state index in [1.165, 1.54) is 11.1 Å². The summed E-state index contributed by atoms with van der Waals surface area (Å²) in [6, 6.07) is 0. The fourth-order valence-electron chi connectivity index (χ4n) is 0.689. The summed E-state index contributed by atoms with van der Waals surface area (Å²) in [5, 5.41) is 0. The second-order valence-electron chi connectivity index (χ2n) is 2.37. The second kappa shape index (κ2) is 6.34. The maximum Gasteiger partial charge on any atom is -0.0398 e. The van der Waals surface area contributed by atoms with Gasteiger partial charge in [0.2, 0.25) is 0 Å². The third-order valence-electron chi connectivity index (χ3n) is 0.897. The highest BCUT2D eigenvalue weighted by molar-refractivity contribution is 5.22. The average molecular weight is 138 g/mol. The van der Waals surface area contributed by atoms with Gasteiger partial charge in [-0.3, -0.25) is 0 Å². The van der Waals surface area contributed by atoms with Crippen molar-refractivity contribution >= 4 is 0 Å². The van der Waals surface area contributed by atoms with Crippen LogP contribution in [-0.2, 0) is 0 Å². The molecule has 0 aromatic heterocycles. The molecule has 0 fully saturated rings. The van der Waals surface area contributed by atoms with Crippen molar-refractivity contribution in [1.82, 2.24) is 0 Å². The van der Waals surface area contributed by atoms with Crippen LogP contribution in [0.2, 0.25) is 0 Å². The number of hydrogen-bond acceptors (Lipinski definition) is 0. The predicted molar refractivity (Wildman–Crippen MR) is 50.1 cm³/mol. The van der Waals surface area contributed by atoms with Gasteiger partial charge in [0.25, 0.3) is 0 Å². The van der Waals surface area contributed by atoms with Crippen LogP contribution in [0.4, 0.5) is 0 Å². The van der Waals surface area contributed by atoms with E-state index in [4.69, 9.17) is 0 Å². The van der Waals surface area contributed by atoms with Gasteiger partial charge in [0.1, 0.15) is 0 Å². The highest BCUT2D eigenvalue weighted by Gasteiger charge is 1.78. The summed E-state index contributed by atoms with van der Waals surface area (Å²) in [5.74, 6) is 0. The van der Waals surface area contributed by atoms with Crippen LogP contribution in [0.3, 0.4) is 0 Å². The largest absolute Gasteiger partial charge is 0.0991 e. The molecule has 0 aliphatic carbocycles. The molecule has 0 nitrogen and oxygen atoms in total. The molecule has 0 saturated carbocycles. The zero-order chi connectivity index (χ0) is 7.28. The van der Waals surface area contributed by atoms with E-state index >= 15 is 0 Å². The molecule has 0 aromatic rings. The summed E-state index contributed by atoms with van der Waals surface area (Å²) in [7, 11) is 0. The van der Waals surface area contributed by atoms with Crippen LogP contribution >= 0.6 is 0 Å². The Hall–Kier alpha value is -0.780. The third-order valence-corrected chi connectivity index (χ3v) is 0.897. The quantitative estimate of drug-likeness (QED) is 0.510. The lowest BCUT2D eigenvalue weighted by atomic mass is 10.2. The van der Waals surface area contributed by atoms with Crippen molar-refractivity contribution in [2.24, 2.45) is 0 Å². The van der Waals surface area contributed by atoms with Crippen molar-refractivity contribution in [2.75, 3.05) is 0 Å². The van der Waals surface area contributed by atoms with Crippen molar-refractivity contribution < 1.29 is 0 Å². The molecule has 58 valence electrons. The van der Waals surface area contributed by atoms with Crippen LogP contribution in [0.1, 0.15) is 28.2 Å². The minimum Gasteiger partial charge on any atom is -0.0991 e. The minimum absolute atomic E-state index is 0. The summed E-state index contributed by atoms with van der Waals surface area (Å²) in [6.07, 6.45) is 5.92. The van der Waals surface area contributed by atoms with Gasteiger partial charge in [0, 0.05) is 0 Å². The fraction of sp³-hybridized carbons (Fsp3) is 0.400. The van der Waals surface area contributed by atoms with Gasteiger partial charge in [-0.15, -0.1) is 0 Å². The maximum absolute atomic E-state index is 3.60. The van der Waals surface area contributed by atoms with E-state index in [1.807, 2.05) is 6.08 Å². The van der Waals surface area contributed by atoms with Crippen LogP contribution in [0.25, 0.3) is 0 Å². The Labute approximate surface area is 65.0 Å². The first-order valence-corrected chi connectivity index (χ1v) is 3.11. The second-order valence-corrected chi connectivity index (χ2v) is 2.37. The number of rotatable bonds is 2. The lowest BCUT2D eigenvalue weighted by Gasteiger charge is -1.89. The zero-order valence-electron chi connectivity index (χ0n) is 6.44. The molecule has 0 spiro atoms. The van der Waals surface area contributed by atoms with Crippen LogP contribution in [0, 0.1) is 0 Å². The molecule has 0 heterocycles. The van der Waals surface area contributed by atoms with Gasteiger partial charge in [-0.2, -0.15) is 0 Å². The van der Waals surface area contributed by atoms with Crippen molar-refractivity contribution in [3.05, 3.63) is 36.0 Å². The summed E-state index contributed by atoms with van der Waals surface area (Å²) < 4.78 is 0. The molecule has 0 atom stereocenters. The van der Waals surface area contributed by atoms with E-state index in [9.17, 15) is 0 Å². The first-order chi connectivity index (χ1) is 4.16. The number of allylic oxidation sites excluding steroid dienone is 5. The van der Waals surface area contributed by atoms with E-state index in [-0.39, 0.29) is 7.43 Å². The molecule has 0 amide bonds. The van der Waals surface area contributed by atoms with Crippen LogP contribution in [-0.4, -0.2) is 0 Å². The molecule has 0 unspecified atom stereocenters. The Kier molecular flexibility index (Phi) is 7.58. The predicted octanol–water partition coefficient (Wildman–Crippen LogP) is 3.72. The van der Waals surface area contributed by atoms with Crippen LogP contribution < -0.4 is 0 Å². The Morgan fingerprint density at radius 1 is 1.20 bits per heavy atom. The average Bonchev–Trinajstić information content (AvgIpc) is 1.63. The standard InChI is InChI=1S/C9H14.CH4/c1-5-6-9(4)7-8(2)3;/h5-7H,1H2,2-4H3;1H4/b9-6-;. The van der Waals surface area contributed by atoms with E-state index in [1.54, 1.807) is 6.08 Å². The Morgan fingerprint density at radius 2 is 1.70 bits per heavy atom. The van der Waals surface area contributed by atoms with Crippen molar-refractivity contribution in [3.63, 3.8) is 0 Å². The van der Waals surface area contributed by atoms with Crippen LogP contribution in [0.5, 0.6) is 0 Å². The first kappa shape index (κ1) is 12.0. The Balaban J connectivity index is 0. The maximum atomic E-state index is 3.60. The van der Waals surface area contributed by atoms with E-state index in [2.05, 4.69) is 33.4 Å². The molecule has 0 aliphatic rings. The van der Waals surface area contributed by atoms with Gasteiger partial charge >= 0.3 is 0 Å². The summed E-state index contributed by atoms with van der Waals surface area (Å²) in [5.41, 5.74) is 2.58. The zero-order valence-corrected chi connectivity index (χ0v) is 6.44. The van der Waals surface area contributed by atoms with E-state index in [0.29, 0.717) is 0 Å². The molecular formula is C10H18. The molecule has 0 heteroatoms. The van der Waals surface area contributed by atoms with Gasteiger partial charge < -0.3 is 0 Å². The Bertz CT molecular complexity index is 143. The van der Waals surface area contributed by atoms with Crippen LogP contribution in [0.15, 0.2) is 36.0 Å². The summed E-state index contributed by atoms with van der Waals surface area (Å²) in [4.78, 5) is 0. The van der Waals surface area contributed by atoms with Gasteiger partial charge in [0.15, 0.2) is 0 Å². The lowest BCUT2D eigenvalue weighted by Crippen LogP contribution is -1.68. The molecular weight excluding hydrogens is 120 g/mol. The molecule has 0 aliphatic heterocycles. The SMILES string of the molecule is C.C=C/C=C(/C)C=C(C)C. The highest BCUT2D eigenvalue weighted by atomic mass is 13.8. The van der Waals surface area contributed by atoms with E-state index < -0.39 is 0 Å². The monoisotopic (exact) mass is 138 g/mol. The summed E-state index contributed by atoms with van der Waals surface area (Å²) in [6.45, 7) is 9.83. The lowest BCUT2D eigenvalue weighted by molar-refractivity contribution is 1.35. The molecule has 0 aromatic carbocycles. The smallest absolute Gasteiger partial charge is 0.0398 e. The summed E-state index contributed by atoms with van der Waals surface area (Å²) >= 11 is 0. The highest BCUT2D eigenvalue weighted by Crippen LogP contribution is 1.99. The van der Waals surface area contributed by atoms with E-state index in [0.717, 1.165) is 0 Å². The normalized spacial score (nSPS) is 9.70. The Morgan fingerprint density at radius 3 is 2.00 bits per heavy atom. The molecule has 0 N–H and O–H groups in total. The fourth-order valence-corrected chi connectivity index (χ4v) is 0.689. The van der Waals surface area contributed by atoms with Crippen molar-refractivity contribution in [2.45, 2.75) is 28.2 Å². The van der Waals surface area contributed by atoms with Crippen molar-refractivity contribution in [1.29, 1.82) is 0 Å². The van der Waals surface area contributed by atoms with Gasteiger partial charge in [0.05, 0.1) is 0 Å². The molecule has 0 rings (SSSR count). The molecule has 0 radical (unpaired) electrons. The molecule has 10 heavy (non-hydrogen) atoms. The van der Waals surface area contributed by atoms with Gasteiger partial charge in [-0.25, -0.2) is 0 Å². The first-order valence-electron chi connectivity index (χ1n) is 3.11. The minimum atomic E-state index is 0. The van der Waals surface area contributed by atoms with Gasteiger partial charge in [-0.05, 0) is 20.8 Å². The number of hydrogen-bond donors (Lipinski definition) is 0. The third kappa shape index (κ3) is 7.22. The molecule has 0 bridgehead atoms.